The first-order valence-electron chi connectivity index (χ1n) is 6.21. The molecule has 0 saturated heterocycles. The maximum absolute atomic E-state index is 5.90. The van der Waals surface area contributed by atoms with Gasteiger partial charge in [0.2, 0.25) is 0 Å². The Morgan fingerprint density at radius 2 is 1.93 bits per heavy atom. The highest BCUT2D eigenvalue weighted by Gasteiger charge is 2.32. The molecule has 2 atom stereocenters. The summed E-state index contributed by atoms with van der Waals surface area (Å²) in [7, 11) is 0. The predicted octanol–water partition coefficient (Wildman–Crippen LogP) is 2.63. The third-order valence-corrected chi connectivity index (χ3v) is 4.28. The summed E-state index contributed by atoms with van der Waals surface area (Å²) in [6, 6.07) is 6.88. The summed E-state index contributed by atoms with van der Waals surface area (Å²) in [4.78, 5) is 0. The lowest BCUT2D eigenvalue weighted by molar-refractivity contribution is 0.343. The fraction of sp³-hybridized carbons (Fsp3) is 0.571. The van der Waals surface area contributed by atoms with Crippen molar-refractivity contribution in [2.24, 2.45) is 11.7 Å². The lowest BCUT2D eigenvalue weighted by Gasteiger charge is -2.37. The maximum atomic E-state index is 5.90. The predicted molar refractivity (Wildman–Crippen MR) is 63.0 cm³/mol. The molecule has 2 aliphatic carbocycles. The number of hydrogen-bond donors (Lipinski definition) is 1. The van der Waals surface area contributed by atoms with Crippen LogP contribution < -0.4 is 5.73 Å². The molecule has 0 fully saturated rings. The Morgan fingerprint density at radius 1 is 1.13 bits per heavy atom. The second-order valence-corrected chi connectivity index (χ2v) is 5.02. The minimum atomic E-state index is 0.749. The molecule has 1 aromatic carbocycles. The van der Waals surface area contributed by atoms with Crippen molar-refractivity contribution in [1.82, 2.24) is 0 Å². The molecule has 15 heavy (non-hydrogen) atoms. The Kier molecular flexibility index (Phi) is 2.28. The molecule has 0 heterocycles. The van der Waals surface area contributed by atoms with E-state index in [0.29, 0.717) is 0 Å². The van der Waals surface area contributed by atoms with Gasteiger partial charge in [0.25, 0.3) is 0 Å². The van der Waals surface area contributed by atoms with Gasteiger partial charge in [-0.3, -0.25) is 0 Å². The van der Waals surface area contributed by atoms with Crippen LogP contribution in [0.1, 0.15) is 41.9 Å². The van der Waals surface area contributed by atoms with Crippen LogP contribution in [-0.4, -0.2) is 6.54 Å². The zero-order valence-electron chi connectivity index (χ0n) is 9.21. The molecule has 1 aromatic rings. The van der Waals surface area contributed by atoms with Crippen molar-refractivity contribution < 1.29 is 0 Å². The standard InChI is InChI=1S/C14H19N/c15-9-12-8-7-11-4-1-3-10-5-2-6-13(12)14(10)11/h1,3-4,12-13H,2,5-9,15H2. The number of nitrogens with two attached hydrogens (primary N) is 1. The summed E-state index contributed by atoms with van der Waals surface area (Å²) in [5.41, 5.74) is 10.8. The van der Waals surface area contributed by atoms with Crippen LogP contribution in [0.5, 0.6) is 0 Å². The highest BCUT2D eigenvalue weighted by atomic mass is 14.6. The summed E-state index contributed by atoms with van der Waals surface area (Å²) >= 11 is 0. The van der Waals surface area contributed by atoms with Crippen LogP contribution in [0.15, 0.2) is 18.2 Å². The molecule has 0 radical (unpaired) electrons. The van der Waals surface area contributed by atoms with Gasteiger partial charge in [-0.05, 0) is 67.2 Å². The van der Waals surface area contributed by atoms with E-state index in [4.69, 9.17) is 5.73 Å². The molecule has 2 N–H and O–H groups in total. The lowest BCUT2D eigenvalue weighted by Crippen LogP contribution is -2.30. The fourth-order valence-electron chi connectivity index (χ4n) is 3.53. The van der Waals surface area contributed by atoms with Crippen molar-refractivity contribution in [3.05, 3.63) is 34.9 Å². The van der Waals surface area contributed by atoms with Crippen LogP contribution in [0.3, 0.4) is 0 Å². The minimum absolute atomic E-state index is 0.749. The molecule has 2 unspecified atom stereocenters. The van der Waals surface area contributed by atoms with Crippen molar-refractivity contribution in [3.8, 4) is 0 Å². The minimum Gasteiger partial charge on any atom is -0.330 e. The van der Waals surface area contributed by atoms with Gasteiger partial charge in [0, 0.05) is 0 Å². The zero-order valence-corrected chi connectivity index (χ0v) is 9.21. The van der Waals surface area contributed by atoms with E-state index in [2.05, 4.69) is 18.2 Å². The Hall–Kier alpha value is -0.820. The van der Waals surface area contributed by atoms with Crippen molar-refractivity contribution >= 4 is 0 Å². The molecular weight excluding hydrogens is 182 g/mol. The van der Waals surface area contributed by atoms with E-state index in [9.17, 15) is 0 Å². The van der Waals surface area contributed by atoms with Gasteiger partial charge >= 0.3 is 0 Å². The molecule has 2 aliphatic rings. The number of rotatable bonds is 1. The average molecular weight is 201 g/mol. The van der Waals surface area contributed by atoms with E-state index in [1.54, 1.807) is 16.7 Å². The largest absolute Gasteiger partial charge is 0.330 e. The monoisotopic (exact) mass is 201 g/mol. The number of aryl methyl sites for hydroxylation is 2. The highest BCUT2D eigenvalue weighted by Crippen LogP contribution is 2.43. The molecule has 0 bridgehead atoms. The SMILES string of the molecule is NCC1CCc2cccc3c2C1CCC3. The van der Waals surface area contributed by atoms with Gasteiger partial charge in [-0.25, -0.2) is 0 Å². The summed E-state index contributed by atoms with van der Waals surface area (Å²) in [6.07, 6.45) is 6.57. The van der Waals surface area contributed by atoms with Gasteiger partial charge in [0.1, 0.15) is 0 Å². The molecule has 1 heteroatoms. The Morgan fingerprint density at radius 3 is 2.73 bits per heavy atom. The third kappa shape index (κ3) is 1.41. The normalized spacial score (nSPS) is 28.6. The van der Waals surface area contributed by atoms with Crippen molar-refractivity contribution in [2.45, 2.75) is 38.0 Å². The quantitative estimate of drug-likeness (QED) is 0.742. The van der Waals surface area contributed by atoms with Crippen LogP contribution in [-0.2, 0) is 12.8 Å². The van der Waals surface area contributed by atoms with E-state index in [1.807, 2.05) is 0 Å². The molecule has 80 valence electrons. The van der Waals surface area contributed by atoms with E-state index in [-0.39, 0.29) is 0 Å². The molecule has 0 aromatic heterocycles. The van der Waals surface area contributed by atoms with E-state index >= 15 is 0 Å². The van der Waals surface area contributed by atoms with Crippen LogP contribution in [0.4, 0.5) is 0 Å². The van der Waals surface area contributed by atoms with Crippen molar-refractivity contribution in [3.63, 3.8) is 0 Å². The van der Waals surface area contributed by atoms with E-state index in [1.165, 1.54) is 32.1 Å². The molecular formula is C14H19N. The summed E-state index contributed by atoms with van der Waals surface area (Å²) in [5.74, 6) is 1.53. The van der Waals surface area contributed by atoms with Crippen LogP contribution in [0.25, 0.3) is 0 Å². The van der Waals surface area contributed by atoms with Gasteiger partial charge < -0.3 is 5.73 Å². The topological polar surface area (TPSA) is 26.0 Å². The second-order valence-electron chi connectivity index (χ2n) is 5.02. The van der Waals surface area contributed by atoms with Gasteiger partial charge in [0.15, 0.2) is 0 Å². The highest BCUT2D eigenvalue weighted by molar-refractivity contribution is 5.42. The van der Waals surface area contributed by atoms with E-state index < -0.39 is 0 Å². The first kappa shape index (κ1) is 9.41. The average Bonchev–Trinajstić information content (AvgIpc) is 2.30. The van der Waals surface area contributed by atoms with Crippen molar-refractivity contribution in [2.75, 3.05) is 6.54 Å². The van der Waals surface area contributed by atoms with Gasteiger partial charge in [-0.15, -0.1) is 0 Å². The maximum Gasteiger partial charge on any atom is -0.00429 e. The molecule has 0 saturated carbocycles. The molecule has 3 rings (SSSR count). The molecule has 0 amide bonds. The van der Waals surface area contributed by atoms with Crippen LogP contribution in [0.2, 0.25) is 0 Å². The van der Waals surface area contributed by atoms with Gasteiger partial charge in [0.05, 0.1) is 0 Å². The third-order valence-electron chi connectivity index (χ3n) is 4.28. The summed E-state index contributed by atoms with van der Waals surface area (Å²) in [5, 5.41) is 0. The Labute approximate surface area is 91.7 Å². The number of benzene rings is 1. The Bertz CT molecular complexity index is 355. The van der Waals surface area contributed by atoms with Crippen molar-refractivity contribution in [1.29, 1.82) is 0 Å². The van der Waals surface area contributed by atoms with E-state index in [0.717, 1.165) is 18.4 Å². The lowest BCUT2D eigenvalue weighted by atomic mass is 9.68. The first-order valence-corrected chi connectivity index (χ1v) is 6.21. The van der Waals surface area contributed by atoms with Gasteiger partial charge in [-0.2, -0.15) is 0 Å². The van der Waals surface area contributed by atoms with Crippen LogP contribution in [0, 0.1) is 5.92 Å². The number of hydrogen-bond acceptors (Lipinski definition) is 1. The molecule has 1 nitrogen and oxygen atoms in total. The smallest absolute Gasteiger partial charge is 0.00429 e. The van der Waals surface area contributed by atoms with Gasteiger partial charge in [-0.1, -0.05) is 18.2 Å². The Balaban J connectivity index is 2.10. The zero-order chi connectivity index (χ0) is 10.3. The molecule has 0 aliphatic heterocycles. The fourth-order valence-corrected chi connectivity index (χ4v) is 3.53. The first-order chi connectivity index (χ1) is 7.40. The summed E-state index contributed by atoms with van der Waals surface area (Å²) in [6.45, 7) is 0.873. The molecule has 0 spiro atoms. The second kappa shape index (κ2) is 3.64. The summed E-state index contributed by atoms with van der Waals surface area (Å²) < 4.78 is 0. The van der Waals surface area contributed by atoms with Crippen LogP contribution >= 0.6 is 0 Å².